The van der Waals surface area contributed by atoms with E-state index in [1.807, 2.05) is 63.3 Å². The van der Waals surface area contributed by atoms with Crippen LogP contribution < -0.4 is 5.73 Å². The van der Waals surface area contributed by atoms with Gasteiger partial charge in [0.25, 0.3) is 0 Å². The van der Waals surface area contributed by atoms with Gasteiger partial charge in [0.15, 0.2) is 23.5 Å². The number of carboxylic acid groups (broad SMARTS) is 1. The molecule has 28 atom stereocenters. The summed E-state index contributed by atoms with van der Waals surface area (Å²) in [5.41, 5.74) is 1.22. The van der Waals surface area contributed by atoms with Crippen molar-refractivity contribution in [1.29, 1.82) is 0 Å². The number of aliphatic hydroxyl groups is 14. The number of carboxylic acids is 1. The van der Waals surface area contributed by atoms with Crippen LogP contribution in [0.4, 0.5) is 4.39 Å². The van der Waals surface area contributed by atoms with Crippen LogP contribution >= 0.6 is 0 Å². The number of hydrogen-bond donors (Lipinski definition) is 16. The highest BCUT2D eigenvalue weighted by molar-refractivity contribution is 6.01. The number of cyclic esters (lactones) is 1. The topological polar surface area (TPSA) is 418 Å². The molecule has 3 saturated carbocycles. The van der Waals surface area contributed by atoms with Gasteiger partial charge in [0, 0.05) is 47.8 Å². The maximum Gasteiger partial charge on any atom is 0.311 e. The molecule has 5 fully saturated rings. The van der Waals surface area contributed by atoms with Crippen molar-refractivity contribution in [3.63, 3.8) is 0 Å². The summed E-state index contributed by atoms with van der Waals surface area (Å²) in [5.74, 6) is -8.07. The van der Waals surface area contributed by atoms with Crippen molar-refractivity contribution in [2.24, 2.45) is 52.1 Å². The normalized spacial score (nSPS) is 47.8. The first-order valence-electron chi connectivity index (χ1n) is 32.9. The second kappa shape index (κ2) is 33.3. The fourth-order valence-corrected chi connectivity index (χ4v) is 15.5. The zero-order valence-electron chi connectivity index (χ0n) is 54.6. The molecule has 3 heterocycles. The van der Waals surface area contributed by atoms with E-state index >= 15 is 4.39 Å². The first-order valence-corrected chi connectivity index (χ1v) is 32.9. The van der Waals surface area contributed by atoms with E-state index in [-0.39, 0.29) is 62.1 Å². The van der Waals surface area contributed by atoms with Crippen LogP contribution in [0.1, 0.15) is 138 Å². The highest BCUT2D eigenvalue weighted by Gasteiger charge is 2.75. The van der Waals surface area contributed by atoms with Crippen LogP contribution in [-0.2, 0) is 33.3 Å². The highest BCUT2D eigenvalue weighted by atomic mass is 19.1. The zero-order chi connectivity index (χ0) is 69.1. The quantitative estimate of drug-likeness (QED) is 0.176. The van der Waals surface area contributed by atoms with Crippen molar-refractivity contribution in [1.82, 2.24) is 0 Å². The monoisotopic (exact) mass is 1320 g/mol. The molecule has 3 aliphatic heterocycles. The lowest BCUT2D eigenvalue weighted by Crippen LogP contribution is -2.70. The Labute approximate surface area is 544 Å². The zero-order valence-corrected chi connectivity index (χ0v) is 54.6. The minimum atomic E-state index is -2.35. The van der Waals surface area contributed by atoms with Crippen molar-refractivity contribution in [3.8, 4) is 0 Å². The van der Waals surface area contributed by atoms with Gasteiger partial charge in [-0.15, -0.1) is 0 Å². The Morgan fingerprint density at radius 2 is 1.33 bits per heavy atom. The van der Waals surface area contributed by atoms with E-state index in [1.165, 1.54) is 25.2 Å². The number of fused-ring (bicyclic) bond motifs is 7. The fourth-order valence-electron chi connectivity index (χ4n) is 15.5. The van der Waals surface area contributed by atoms with Crippen molar-refractivity contribution in [2.75, 3.05) is 6.61 Å². The van der Waals surface area contributed by atoms with Gasteiger partial charge in [0.05, 0.1) is 92.3 Å². The van der Waals surface area contributed by atoms with E-state index in [2.05, 4.69) is 0 Å². The molecular formula is C69H106FNO22. The van der Waals surface area contributed by atoms with E-state index in [0.717, 1.165) is 18.4 Å². The molecule has 24 heteroatoms. The van der Waals surface area contributed by atoms with Gasteiger partial charge in [0.1, 0.15) is 29.8 Å². The Balaban J connectivity index is 0.000000402. The maximum absolute atomic E-state index is 16.9. The van der Waals surface area contributed by atoms with Gasteiger partial charge in [-0.2, -0.15) is 0 Å². The van der Waals surface area contributed by atoms with E-state index in [0.29, 0.717) is 19.3 Å². The summed E-state index contributed by atoms with van der Waals surface area (Å²) in [4.78, 5) is 36.9. The van der Waals surface area contributed by atoms with Gasteiger partial charge in [-0.05, 0) is 109 Å². The van der Waals surface area contributed by atoms with Crippen LogP contribution in [0.3, 0.4) is 0 Å². The largest absolute Gasteiger partial charge is 0.481 e. The standard InChI is InChI=1S/C47H75NO17.C22H31FO5/c1-27-17-15-13-11-9-7-5-6-8-10-12-14-16-18-34(64-46-44(58)41(48)43(57)30(4)63-46)24-38-40(45(59)60)37(54)26-47(61,65-38)25-36(53)35(52)20-19-31(49)21-32(50)22-33(51)23-39(55)62-29(3)28(2)42(27)56;1-12-8-16-15-5-4-13-9-14(25)6-7-19(13,2)21(15,23)17(26)10-20(16,3)22(12,28)18(27)11-24/h5-6,8,10-18,27-38,40-44,46,49-54,56-58,61H,7,9,19-26,48H2,1-4H3,(H,59,60);6-7,9,12,15-18,24,26-28H,4-5,8,10-11H2,1-3H3/b6-5+,10-8+,13-11+,14-12+,17-15+,18-16+;/t27-,28-,29-,30+,31?,32?,33?,34?,35?,36?,37?,38?,40?,41-,42+,43+,44-,46-,47+;12-,15?,16?,17-,18?,19-,20-,21-,22-/m00/s1. The number of ether oxygens (including phenoxy) is 4. The number of aliphatic carboxylic acids is 1. The molecule has 0 spiro atoms. The first-order chi connectivity index (χ1) is 43.6. The molecule has 0 aromatic heterocycles. The molecule has 17 N–H and O–H groups in total. The molecule has 0 aromatic rings. The number of carbonyl (C=O) groups is 3. The van der Waals surface area contributed by atoms with E-state index in [1.54, 1.807) is 51.2 Å². The minimum Gasteiger partial charge on any atom is -0.481 e. The predicted octanol–water partition coefficient (Wildman–Crippen LogP) is 2.62. The molecule has 93 heavy (non-hydrogen) atoms. The summed E-state index contributed by atoms with van der Waals surface area (Å²) in [6.45, 7) is 11.6. The molecular weight excluding hydrogens is 1210 g/mol. The van der Waals surface area contributed by atoms with Crippen LogP contribution in [0.5, 0.6) is 0 Å². The number of aliphatic hydroxyl groups excluding tert-OH is 12. The molecule has 23 nitrogen and oxygen atoms in total. The van der Waals surface area contributed by atoms with E-state index in [9.17, 15) is 91.0 Å². The van der Waals surface area contributed by atoms with E-state index in [4.69, 9.17) is 24.7 Å². The molecule has 0 aromatic carbocycles. The number of rotatable bonds is 5. The second-order valence-corrected chi connectivity index (χ2v) is 27.8. The lowest BCUT2D eigenvalue weighted by Gasteiger charge is -2.63. The number of carbonyl (C=O) groups excluding carboxylic acids is 2. The summed E-state index contributed by atoms with van der Waals surface area (Å²) >= 11 is 0. The lowest BCUT2D eigenvalue weighted by molar-refractivity contribution is -0.310. The van der Waals surface area contributed by atoms with Gasteiger partial charge in [0.2, 0.25) is 0 Å². The third-order valence-electron chi connectivity index (χ3n) is 21.2. The third-order valence-corrected chi connectivity index (χ3v) is 21.2. The summed E-state index contributed by atoms with van der Waals surface area (Å²) < 4.78 is 40.0. The number of allylic oxidation sites excluding steroid dienone is 14. The highest BCUT2D eigenvalue weighted by Crippen LogP contribution is 2.71. The molecule has 2 bridgehead atoms. The lowest BCUT2D eigenvalue weighted by atomic mass is 9.44. The van der Waals surface area contributed by atoms with Crippen LogP contribution in [0.15, 0.2) is 96.7 Å². The number of alkyl halides is 1. The molecule has 2 saturated heterocycles. The van der Waals surface area contributed by atoms with Crippen LogP contribution in [0, 0.1) is 46.3 Å². The van der Waals surface area contributed by atoms with Crippen molar-refractivity contribution >= 4 is 17.7 Å². The van der Waals surface area contributed by atoms with Crippen molar-refractivity contribution in [3.05, 3.63) is 96.7 Å². The molecule has 0 amide bonds. The van der Waals surface area contributed by atoms with Gasteiger partial charge >= 0.3 is 11.9 Å². The first kappa shape index (κ1) is 77.7. The Kier molecular flexibility index (Phi) is 27.9. The van der Waals surface area contributed by atoms with Gasteiger partial charge in [-0.1, -0.05) is 112 Å². The van der Waals surface area contributed by atoms with Crippen molar-refractivity contribution in [2.45, 2.75) is 259 Å². The van der Waals surface area contributed by atoms with Crippen molar-refractivity contribution < 1.29 is 114 Å². The smallest absolute Gasteiger partial charge is 0.311 e. The number of halogens is 1. The number of hydrogen-bond acceptors (Lipinski definition) is 22. The molecule has 12 unspecified atom stereocenters. The van der Waals surface area contributed by atoms with E-state index < -0.39 is 187 Å². The van der Waals surface area contributed by atoms with Gasteiger partial charge in [-0.25, -0.2) is 4.39 Å². The fraction of sp³-hybridized carbons (Fsp3) is 0.725. The SMILES string of the molecule is C[C@@H]1[C@H](O)[C@@H](C)/C=C/C=C/CC/C=C/C=C/C=C/C=C/C(O[C@@H]2O[C@H](C)[C@@H](O)[C@H](N)[C@@H]2O)CC2O[C@](O)(CC(O)C(O)CCC(O)CC(O)CC(O)CC(=O)O[C@H]1C)CC(O)C2C(=O)O.C[C@H]1CC2C3CCC4=CC(=O)C=C[C@]4(C)[C@@]3(F)[C@@H](O)C[C@]2(C)[C@@]1(O)C(O)CO. The molecule has 4 aliphatic carbocycles. The number of nitrogens with two attached hydrogens (primary N) is 1. The summed E-state index contributed by atoms with van der Waals surface area (Å²) in [5, 5.41) is 161. The Hall–Kier alpha value is -4.26. The summed E-state index contributed by atoms with van der Waals surface area (Å²) in [6.07, 6.45) is 5.64. The molecule has 7 aliphatic rings. The van der Waals surface area contributed by atoms with Crippen LogP contribution in [-0.4, -0.2) is 222 Å². The summed E-state index contributed by atoms with van der Waals surface area (Å²) in [6, 6.07) is -1.14. The third kappa shape index (κ3) is 18.1. The van der Waals surface area contributed by atoms with Gasteiger partial charge < -0.3 is 101 Å². The minimum absolute atomic E-state index is 0.00672. The molecule has 0 radical (unpaired) electrons. The second-order valence-electron chi connectivity index (χ2n) is 27.8. The number of esters is 1. The Morgan fingerprint density at radius 1 is 0.720 bits per heavy atom. The molecule has 7 rings (SSSR count). The van der Waals surface area contributed by atoms with Crippen LogP contribution in [0.2, 0.25) is 0 Å². The van der Waals surface area contributed by atoms with Gasteiger partial charge in [-0.3, -0.25) is 14.4 Å². The Morgan fingerprint density at radius 3 is 1.99 bits per heavy atom. The maximum atomic E-state index is 16.9. The number of ketones is 1. The summed E-state index contributed by atoms with van der Waals surface area (Å²) in [7, 11) is 0. The van der Waals surface area contributed by atoms with Crippen LogP contribution in [0.25, 0.3) is 0 Å². The molecule has 526 valence electrons. The average molecular weight is 1320 g/mol. The predicted molar refractivity (Wildman–Crippen MR) is 338 cm³/mol. The Bertz CT molecular complexity index is 2720. The average Bonchev–Trinajstić information content (AvgIpc) is 1.63.